The summed E-state index contributed by atoms with van der Waals surface area (Å²) in [5, 5.41) is 19.1. The fraction of sp³-hybridized carbons (Fsp3) is 0.308. The topological polar surface area (TPSA) is 80.0 Å². The standard InChI is InChI=1S/C13H16N4O2S/c18-10-11-8-17(16-15-11)9-13(19)14-6-7-20-12-4-2-1-3-5-12/h1-5,8,18H,6-7,9-10H2,(H,14,19). The summed E-state index contributed by atoms with van der Waals surface area (Å²) >= 11 is 1.69. The Bertz CT molecular complexity index is 544. The van der Waals surface area contributed by atoms with Crippen molar-refractivity contribution in [1.29, 1.82) is 0 Å². The van der Waals surface area contributed by atoms with E-state index in [9.17, 15) is 4.79 Å². The van der Waals surface area contributed by atoms with Gasteiger partial charge in [0.05, 0.1) is 12.8 Å². The van der Waals surface area contributed by atoms with E-state index >= 15 is 0 Å². The van der Waals surface area contributed by atoms with Gasteiger partial charge >= 0.3 is 0 Å². The number of aliphatic hydroxyl groups excluding tert-OH is 1. The molecule has 6 nitrogen and oxygen atoms in total. The summed E-state index contributed by atoms with van der Waals surface area (Å²) in [5.41, 5.74) is 0.456. The van der Waals surface area contributed by atoms with E-state index in [-0.39, 0.29) is 19.1 Å². The number of aliphatic hydroxyl groups is 1. The first-order chi connectivity index (χ1) is 9.78. The smallest absolute Gasteiger partial charge is 0.241 e. The number of hydrogen-bond donors (Lipinski definition) is 2. The lowest BCUT2D eigenvalue weighted by molar-refractivity contribution is -0.121. The lowest BCUT2D eigenvalue weighted by Crippen LogP contribution is -2.29. The monoisotopic (exact) mass is 292 g/mol. The summed E-state index contributed by atoms with van der Waals surface area (Å²) in [5.74, 6) is 0.697. The summed E-state index contributed by atoms with van der Waals surface area (Å²) in [7, 11) is 0. The number of aromatic nitrogens is 3. The number of hydrogen-bond acceptors (Lipinski definition) is 5. The van der Waals surface area contributed by atoms with Crippen molar-refractivity contribution >= 4 is 17.7 Å². The summed E-state index contributed by atoms with van der Waals surface area (Å²) in [6.07, 6.45) is 1.55. The molecule has 0 saturated heterocycles. The van der Waals surface area contributed by atoms with Crippen LogP contribution in [0.4, 0.5) is 0 Å². The third-order valence-electron chi connectivity index (χ3n) is 2.49. The molecule has 1 aromatic heterocycles. The molecule has 20 heavy (non-hydrogen) atoms. The largest absolute Gasteiger partial charge is 0.390 e. The van der Waals surface area contributed by atoms with Gasteiger partial charge in [-0.1, -0.05) is 23.4 Å². The summed E-state index contributed by atoms with van der Waals surface area (Å²) in [6, 6.07) is 10.0. The van der Waals surface area contributed by atoms with Gasteiger partial charge in [-0.25, -0.2) is 4.68 Å². The molecular formula is C13H16N4O2S. The first-order valence-corrected chi connectivity index (χ1v) is 7.21. The number of nitrogens with zero attached hydrogens (tertiary/aromatic N) is 3. The quantitative estimate of drug-likeness (QED) is 0.579. The molecule has 0 atom stereocenters. The number of rotatable bonds is 7. The average molecular weight is 292 g/mol. The van der Waals surface area contributed by atoms with Crippen LogP contribution in [0.5, 0.6) is 0 Å². The number of nitrogens with one attached hydrogen (secondary N) is 1. The number of carbonyl (C=O) groups excluding carboxylic acids is 1. The second-order valence-corrected chi connectivity index (χ2v) is 5.25. The first-order valence-electron chi connectivity index (χ1n) is 6.22. The van der Waals surface area contributed by atoms with Gasteiger partial charge in [0, 0.05) is 17.2 Å². The molecule has 2 N–H and O–H groups in total. The molecule has 1 aromatic carbocycles. The molecule has 0 aliphatic rings. The van der Waals surface area contributed by atoms with Gasteiger partial charge in [0.1, 0.15) is 12.2 Å². The van der Waals surface area contributed by atoms with Crippen LogP contribution in [0.25, 0.3) is 0 Å². The van der Waals surface area contributed by atoms with Gasteiger partial charge < -0.3 is 10.4 Å². The van der Waals surface area contributed by atoms with E-state index in [0.29, 0.717) is 12.2 Å². The maximum atomic E-state index is 11.6. The molecule has 0 bridgehead atoms. The molecule has 0 saturated carbocycles. The Hall–Kier alpha value is -1.86. The highest BCUT2D eigenvalue weighted by molar-refractivity contribution is 7.99. The van der Waals surface area contributed by atoms with Crippen molar-refractivity contribution < 1.29 is 9.90 Å². The Morgan fingerprint density at radius 1 is 1.35 bits per heavy atom. The van der Waals surface area contributed by atoms with Crippen molar-refractivity contribution in [2.24, 2.45) is 0 Å². The van der Waals surface area contributed by atoms with E-state index in [0.717, 1.165) is 5.75 Å². The minimum Gasteiger partial charge on any atom is -0.390 e. The average Bonchev–Trinajstić information content (AvgIpc) is 2.92. The highest BCUT2D eigenvalue weighted by Gasteiger charge is 2.05. The number of thioether (sulfide) groups is 1. The van der Waals surface area contributed by atoms with Gasteiger partial charge in [-0.15, -0.1) is 16.9 Å². The highest BCUT2D eigenvalue weighted by Crippen LogP contribution is 2.15. The van der Waals surface area contributed by atoms with Gasteiger partial charge in [-0.05, 0) is 12.1 Å². The third kappa shape index (κ3) is 4.67. The lowest BCUT2D eigenvalue weighted by Gasteiger charge is -2.05. The van der Waals surface area contributed by atoms with Crippen LogP contribution in [-0.2, 0) is 17.9 Å². The molecule has 2 aromatic rings. The number of carbonyl (C=O) groups is 1. The van der Waals surface area contributed by atoms with Crippen LogP contribution in [0.2, 0.25) is 0 Å². The van der Waals surface area contributed by atoms with Crippen LogP contribution in [0, 0.1) is 0 Å². The van der Waals surface area contributed by atoms with E-state index in [4.69, 9.17) is 5.11 Å². The van der Waals surface area contributed by atoms with Crippen molar-refractivity contribution in [3.63, 3.8) is 0 Å². The minimum atomic E-state index is -0.171. The van der Waals surface area contributed by atoms with Crippen LogP contribution >= 0.6 is 11.8 Å². The maximum Gasteiger partial charge on any atom is 0.241 e. The normalized spacial score (nSPS) is 10.4. The summed E-state index contributed by atoms with van der Waals surface area (Å²) in [6.45, 7) is 0.540. The highest BCUT2D eigenvalue weighted by atomic mass is 32.2. The van der Waals surface area contributed by atoms with Gasteiger partial charge in [-0.2, -0.15) is 0 Å². The lowest BCUT2D eigenvalue weighted by atomic mass is 10.4. The van der Waals surface area contributed by atoms with Gasteiger partial charge in [-0.3, -0.25) is 4.79 Å². The molecule has 1 amide bonds. The number of amides is 1. The molecule has 0 aliphatic heterocycles. The molecule has 2 rings (SSSR count). The van der Waals surface area contributed by atoms with Crippen LogP contribution < -0.4 is 5.32 Å². The zero-order valence-electron chi connectivity index (χ0n) is 10.9. The molecule has 7 heteroatoms. The second kappa shape index (κ2) is 7.66. The maximum absolute atomic E-state index is 11.6. The first kappa shape index (κ1) is 14.5. The van der Waals surface area contributed by atoms with Crippen LogP contribution in [0.1, 0.15) is 5.69 Å². The fourth-order valence-electron chi connectivity index (χ4n) is 1.57. The van der Waals surface area contributed by atoms with Crippen molar-refractivity contribution in [2.45, 2.75) is 18.0 Å². The number of benzene rings is 1. The van der Waals surface area contributed by atoms with Gasteiger partial charge in [0.15, 0.2) is 0 Å². The third-order valence-corrected chi connectivity index (χ3v) is 3.50. The van der Waals surface area contributed by atoms with Crippen LogP contribution in [0.3, 0.4) is 0 Å². The predicted octanol–water partition coefficient (Wildman–Crippen LogP) is 0.679. The van der Waals surface area contributed by atoms with Gasteiger partial charge in [0.2, 0.25) is 5.91 Å². The van der Waals surface area contributed by atoms with E-state index in [2.05, 4.69) is 15.6 Å². The summed E-state index contributed by atoms with van der Waals surface area (Å²) in [4.78, 5) is 12.8. The predicted molar refractivity (Wildman–Crippen MR) is 76.1 cm³/mol. The Balaban J connectivity index is 1.65. The molecule has 106 valence electrons. The van der Waals surface area contributed by atoms with Crippen LogP contribution in [-0.4, -0.2) is 38.3 Å². The molecule has 0 fully saturated rings. The Morgan fingerprint density at radius 2 is 2.15 bits per heavy atom. The van der Waals surface area contributed by atoms with Crippen molar-refractivity contribution in [2.75, 3.05) is 12.3 Å². The fourth-order valence-corrected chi connectivity index (χ4v) is 2.36. The minimum absolute atomic E-state index is 0.114. The zero-order chi connectivity index (χ0) is 14.2. The SMILES string of the molecule is O=C(Cn1cc(CO)nn1)NCCSc1ccccc1. The molecule has 0 radical (unpaired) electrons. The van der Waals surface area contributed by atoms with E-state index in [1.807, 2.05) is 30.3 Å². The summed E-state index contributed by atoms with van der Waals surface area (Å²) < 4.78 is 1.41. The zero-order valence-corrected chi connectivity index (χ0v) is 11.7. The molecule has 0 aliphatic carbocycles. The van der Waals surface area contributed by atoms with Gasteiger partial charge in [0.25, 0.3) is 0 Å². The Labute approximate surface area is 121 Å². The second-order valence-electron chi connectivity index (χ2n) is 4.08. The van der Waals surface area contributed by atoms with Crippen molar-refractivity contribution in [1.82, 2.24) is 20.3 Å². The van der Waals surface area contributed by atoms with E-state index < -0.39 is 0 Å². The molecule has 1 heterocycles. The van der Waals surface area contributed by atoms with Crippen LogP contribution in [0.15, 0.2) is 41.4 Å². The Morgan fingerprint density at radius 3 is 2.85 bits per heavy atom. The molecule has 0 unspecified atom stereocenters. The Kier molecular flexibility index (Phi) is 5.57. The van der Waals surface area contributed by atoms with E-state index in [1.54, 1.807) is 18.0 Å². The van der Waals surface area contributed by atoms with Crippen molar-refractivity contribution in [3.05, 3.63) is 42.2 Å². The molecular weight excluding hydrogens is 276 g/mol. The van der Waals surface area contributed by atoms with Crippen molar-refractivity contribution in [3.8, 4) is 0 Å². The van der Waals surface area contributed by atoms with E-state index in [1.165, 1.54) is 9.58 Å². The molecule has 0 spiro atoms.